The third kappa shape index (κ3) is 5.74. The Kier molecular flexibility index (Phi) is 6.50. The summed E-state index contributed by atoms with van der Waals surface area (Å²) in [5.74, 6) is -2.19. The normalized spacial score (nSPS) is 10.9. The number of rotatable bonds is 3. The Morgan fingerprint density at radius 2 is 1.62 bits per heavy atom. The minimum Gasteiger partial charge on any atom is -0.480 e. The molecule has 1 atom stereocenters. The summed E-state index contributed by atoms with van der Waals surface area (Å²) in [6.07, 6.45) is -1.41. The molecule has 5 N–H and O–H groups in total. The van der Waals surface area contributed by atoms with Gasteiger partial charge in [-0.1, -0.05) is 30.3 Å². The van der Waals surface area contributed by atoms with Gasteiger partial charge in [-0.15, -0.1) is 0 Å². The van der Waals surface area contributed by atoms with E-state index in [1.165, 1.54) is 0 Å². The Labute approximate surface area is 91.9 Å². The zero-order chi connectivity index (χ0) is 12.6. The monoisotopic (exact) mass is 227 g/mol. The Bertz CT molecular complexity index is 338. The summed E-state index contributed by atoms with van der Waals surface area (Å²) in [4.78, 5) is 19.5. The summed E-state index contributed by atoms with van der Waals surface area (Å²) in [6.45, 7) is -0.278. The zero-order valence-electron chi connectivity index (χ0n) is 8.41. The second-order valence-electron chi connectivity index (χ2n) is 2.75. The Balaban J connectivity index is 0.000000385. The highest BCUT2D eigenvalue weighted by atomic mass is 16.4. The summed E-state index contributed by atoms with van der Waals surface area (Å²) in [7, 11) is 0. The Morgan fingerprint density at radius 1 is 1.19 bits per heavy atom. The lowest BCUT2D eigenvalue weighted by atomic mass is 10.1. The van der Waals surface area contributed by atoms with Crippen LogP contribution in [0.2, 0.25) is 0 Å². The topological polar surface area (TPSA) is 121 Å². The molecule has 1 aromatic carbocycles. The van der Waals surface area contributed by atoms with Gasteiger partial charge in [0.15, 0.2) is 6.10 Å². The van der Waals surface area contributed by atoms with Gasteiger partial charge in [0.1, 0.15) is 0 Å². The van der Waals surface area contributed by atoms with Gasteiger partial charge in [-0.2, -0.15) is 0 Å². The third-order valence-corrected chi connectivity index (χ3v) is 1.52. The van der Waals surface area contributed by atoms with Crippen molar-refractivity contribution in [2.24, 2.45) is 5.73 Å². The summed E-state index contributed by atoms with van der Waals surface area (Å²) in [6, 6.07) is 8.26. The molecule has 0 amide bonds. The van der Waals surface area contributed by atoms with Gasteiger partial charge in [0.2, 0.25) is 0 Å². The molecule has 0 radical (unpaired) electrons. The smallest absolute Gasteiger partial charge is 0.337 e. The third-order valence-electron chi connectivity index (χ3n) is 1.52. The number of aliphatic hydroxyl groups excluding tert-OH is 1. The SMILES string of the molecule is NCC(=O)O.O=C(O)C(O)c1ccccc1. The fourth-order valence-corrected chi connectivity index (χ4v) is 0.778. The lowest BCUT2D eigenvalue weighted by Crippen LogP contribution is -2.10. The number of carbonyl (C=O) groups is 2. The first-order chi connectivity index (χ1) is 7.49. The van der Waals surface area contributed by atoms with Crippen molar-refractivity contribution in [3.63, 3.8) is 0 Å². The van der Waals surface area contributed by atoms with Crippen molar-refractivity contribution in [1.82, 2.24) is 0 Å². The molecule has 0 saturated heterocycles. The Morgan fingerprint density at radius 3 is 1.94 bits per heavy atom. The number of aliphatic hydroxyl groups is 1. The van der Waals surface area contributed by atoms with E-state index in [4.69, 9.17) is 15.3 Å². The second kappa shape index (κ2) is 7.38. The molecule has 0 aliphatic rings. The molecule has 1 rings (SSSR count). The Hall–Kier alpha value is -1.92. The number of hydrogen-bond acceptors (Lipinski definition) is 4. The van der Waals surface area contributed by atoms with Crippen molar-refractivity contribution in [2.45, 2.75) is 6.10 Å². The van der Waals surface area contributed by atoms with Crippen LogP contribution in [0.1, 0.15) is 11.7 Å². The predicted octanol–water partition coefficient (Wildman–Crippen LogP) is -0.166. The number of aliphatic carboxylic acids is 2. The van der Waals surface area contributed by atoms with Crippen LogP contribution in [0.5, 0.6) is 0 Å². The molecular weight excluding hydrogens is 214 g/mol. The molecule has 0 aliphatic heterocycles. The minimum atomic E-state index is -1.41. The van der Waals surface area contributed by atoms with E-state index in [1.54, 1.807) is 30.3 Å². The van der Waals surface area contributed by atoms with Gasteiger partial charge in [-0.05, 0) is 5.56 Å². The van der Waals surface area contributed by atoms with Crippen molar-refractivity contribution in [3.05, 3.63) is 35.9 Å². The van der Waals surface area contributed by atoms with Gasteiger partial charge < -0.3 is 21.1 Å². The molecular formula is C10H13NO5. The summed E-state index contributed by atoms with van der Waals surface area (Å²) >= 11 is 0. The van der Waals surface area contributed by atoms with Gasteiger partial charge >= 0.3 is 11.9 Å². The molecule has 1 unspecified atom stereocenters. The molecule has 6 heteroatoms. The van der Waals surface area contributed by atoms with E-state index >= 15 is 0 Å². The highest BCUT2D eigenvalue weighted by Gasteiger charge is 2.14. The fraction of sp³-hybridized carbons (Fsp3) is 0.200. The van der Waals surface area contributed by atoms with E-state index in [-0.39, 0.29) is 6.54 Å². The maximum atomic E-state index is 10.2. The molecule has 0 bridgehead atoms. The maximum absolute atomic E-state index is 10.2. The first-order valence-corrected chi connectivity index (χ1v) is 4.36. The van der Waals surface area contributed by atoms with E-state index in [1.807, 2.05) is 0 Å². The van der Waals surface area contributed by atoms with Crippen molar-refractivity contribution in [1.29, 1.82) is 0 Å². The highest BCUT2D eigenvalue weighted by Crippen LogP contribution is 2.10. The molecule has 0 saturated carbocycles. The van der Waals surface area contributed by atoms with Crippen LogP contribution in [-0.2, 0) is 9.59 Å². The lowest BCUT2D eigenvalue weighted by Gasteiger charge is -2.03. The number of hydrogen-bond donors (Lipinski definition) is 4. The van der Waals surface area contributed by atoms with Crippen molar-refractivity contribution in [3.8, 4) is 0 Å². The number of nitrogens with two attached hydrogens (primary N) is 1. The predicted molar refractivity (Wildman–Crippen MR) is 55.7 cm³/mol. The van der Waals surface area contributed by atoms with Crippen LogP contribution in [-0.4, -0.2) is 33.8 Å². The number of benzene rings is 1. The molecule has 0 aliphatic carbocycles. The molecule has 6 nitrogen and oxygen atoms in total. The van der Waals surface area contributed by atoms with Gasteiger partial charge in [0, 0.05) is 0 Å². The summed E-state index contributed by atoms with van der Waals surface area (Å²) in [5.41, 5.74) is 4.97. The molecule has 0 aromatic heterocycles. The van der Waals surface area contributed by atoms with E-state index < -0.39 is 18.0 Å². The van der Waals surface area contributed by atoms with E-state index in [0.29, 0.717) is 5.56 Å². The molecule has 0 fully saturated rings. The van der Waals surface area contributed by atoms with Crippen LogP contribution in [0, 0.1) is 0 Å². The fourth-order valence-electron chi connectivity index (χ4n) is 0.778. The van der Waals surface area contributed by atoms with Crippen molar-refractivity contribution in [2.75, 3.05) is 6.54 Å². The van der Waals surface area contributed by atoms with Gasteiger partial charge in [0.05, 0.1) is 6.54 Å². The summed E-state index contributed by atoms with van der Waals surface area (Å²) in [5, 5.41) is 25.0. The molecule has 16 heavy (non-hydrogen) atoms. The first kappa shape index (κ1) is 14.1. The van der Waals surface area contributed by atoms with Crippen LogP contribution >= 0.6 is 0 Å². The second-order valence-corrected chi connectivity index (χ2v) is 2.75. The van der Waals surface area contributed by atoms with E-state index in [2.05, 4.69) is 5.73 Å². The first-order valence-electron chi connectivity index (χ1n) is 4.36. The van der Waals surface area contributed by atoms with Crippen LogP contribution in [0.3, 0.4) is 0 Å². The average molecular weight is 227 g/mol. The molecule has 0 spiro atoms. The maximum Gasteiger partial charge on any atom is 0.337 e. The highest BCUT2D eigenvalue weighted by molar-refractivity contribution is 5.73. The minimum absolute atomic E-state index is 0.278. The number of carboxylic acid groups (broad SMARTS) is 2. The quantitative estimate of drug-likeness (QED) is 0.569. The van der Waals surface area contributed by atoms with Crippen molar-refractivity contribution >= 4 is 11.9 Å². The van der Waals surface area contributed by atoms with Gasteiger partial charge in [0.25, 0.3) is 0 Å². The van der Waals surface area contributed by atoms with Crippen LogP contribution in [0.25, 0.3) is 0 Å². The van der Waals surface area contributed by atoms with Gasteiger partial charge in [-0.3, -0.25) is 4.79 Å². The van der Waals surface area contributed by atoms with Crippen LogP contribution in [0.15, 0.2) is 30.3 Å². The average Bonchev–Trinajstić information content (AvgIpc) is 2.29. The van der Waals surface area contributed by atoms with E-state index in [0.717, 1.165) is 0 Å². The largest absolute Gasteiger partial charge is 0.480 e. The van der Waals surface area contributed by atoms with Gasteiger partial charge in [-0.25, -0.2) is 4.79 Å². The van der Waals surface area contributed by atoms with Crippen LogP contribution in [0.4, 0.5) is 0 Å². The van der Waals surface area contributed by atoms with Crippen molar-refractivity contribution < 1.29 is 24.9 Å². The number of carboxylic acids is 2. The standard InChI is InChI=1S/C8H8O3.C2H5NO2/c9-7(8(10)11)6-4-2-1-3-5-6;3-1-2(4)5/h1-5,7,9H,(H,10,11);1,3H2,(H,4,5). The molecule has 88 valence electrons. The molecule has 1 aromatic rings. The summed E-state index contributed by atoms with van der Waals surface area (Å²) < 4.78 is 0. The molecule has 0 heterocycles. The van der Waals surface area contributed by atoms with E-state index in [9.17, 15) is 9.59 Å². The lowest BCUT2D eigenvalue weighted by molar-refractivity contribution is -0.147. The van der Waals surface area contributed by atoms with Crippen LogP contribution < -0.4 is 5.73 Å². The zero-order valence-corrected chi connectivity index (χ0v) is 8.41.